The first-order valence-corrected chi connectivity index (χ1v) is 13.1. The molecule has 0 saturated heterocycles. The summed E-state index contributed by atoms with van der Waals surface area (Å²) in [4.78, 5) is 13.3. The Balaban J connectivity index is 1.65. The molecule has 0 heterocycles. The number of ketones is 1. The predicted octanol–water partition coefficient (Wildman–Crippen LogP) is 1.71. The molecule has 7 nitrogen and oxygen atoms in total. The lowest BCUT2D eigenvalue weighted by molar-refractivity contribution is -0.176. The molecule has 0 radical (unpaired) electrons. The summed E-state index contributed by atoms with van der Waals surface area (Å²) in [7, 11) is 0. The molecule has 11 atom stereocenters. The van der Waals surface area contributed by atoms with Crippen molar-refractivity contribution in [2.24, 2.45) is 34.5 Å². The van der Waals surface area contributed by atoms with Crippen molar-refractivity contribution in [2.45, 2.75) is 109 Å². The van der Waals surface area contributed by atoms with Gasteiger partial charge < -0.3 is 30.6 Å². The van der Waals surface area contributed by atoms with E-state index in [2.05, 4.69) is 0 Å². The quantitative estimate of drug-likeness (QED) is 0.340. The second-order valence-corrected chi connectivity index (χ2v) is 12.7. The third-order valence-corrected chi connectivity index (χ3v) is 10.7. The van der Waals surface area contributed by atoms with Gasteiger partial charge in [0.1, 0.15) is 0 Å². The summed E-state index contributed by atoms with van der Waals surface area (Å²) in [5, 5.41) is 64.7. The molecule has 0 amide bonds. The van der Waals surface area contributed by atoms with E-state index in [-0.39, 0.29) is 42.5 Å². The SMILES string of the molecule is C[C@H](CO)CC[C@@H](O)[C@](C)(O)[C@H]1CC[C@@]2(O)C3=CC(=O)[C@@H]4C[C@@H](O)[C@@H](O)C[C@]4(C)C3CC[C@]12C. The molecule has 0 aromatic rings. The highest BCUT2D eigenvalue weighted by Gasteiger charge is 2.69. The molecule has 0 aromatic carbocycles. The van der Waals surface area contributed by atoms with Crippen LogP contribution in [0, 0.1) is 34.5 Å². The molecule has 4 rings (SSSR count). The second-order valence-electron chi connectivity index (χ2n) is 12.7. The Bertz CT molecular complexity index is 839. The van der Waals surface area contributed by atoms with Crippen LogP contribution in [-0.4, -0.2) is 72.5 Å². The third kappa shape index (κ3) is 3.65. The first-order valence-electron chi connectivity index (χ1n) is 13.1. The van der Waals surface area contributed by atoms with Crippen molar-refractivity contribution >= 4 is 5.78 Å². The van der Waals surface area contributed by atoms with Gasteiger partial charge in [0.15, 0.2) is 5.78 Å². The minimum atomic E-state index is -1.42. The fourth-order valence-electron chi connectivity index (χ4n) is 8.37. The third-order valence-electron chi connectivity index (χ3n) is 10.7. The van der Waals surface area contributed by atoms with E-state index in [1.54, 1.807) is 13.0 Å². The predicted molar refractivity (Wildman–Crippen MR) is 127 cm³/mol. The van der Waals surface area contributed by atoms with E-state index in [0.29, 0.717) is 38.5 Å². The molecule has 0 aliphatic heterocycles. The lowest BCUT2D eigenvalue weighted by Crippen LogP contribution is -2.62. The van der Waals surface area contributed by atoms with E-state index in [0.717, 1.165) is 12.0 Å². The fraction of sp³-hybridized carbons (Fsp3) is 0.889. The molecule has 0 bridgehead atoms. The van der Waals surface area contributed by atoms with Gasteiger partial charge in [0.05, 0.1) is 29.5 Å². The molecular formula is C27H44O7. The summed E-state index contributed by atoms with van der Waals surface area (Å²) in [5.41, 5.74) is -3.21. The molecule has 1 unspecified atom stereocenters. The van der Waals surface area contributed by atoms with Crippen LogP contribution in [0.1, 0.15) is 79.1 Å². The Kier molecular flexibility index (Phi) is 6.66. The molecule has 6 N–H and O–H groups in total. The number of aliphatic hydroxyl groups is 6. The van der Waals surface area contributed by atoms with Crippen LogP contribution in [0.4, 0.5) is 0 Å². The minimum absolute atomic E-state index is 0.0326. The van der Waals surface area contributed by atoms with Gasteiger partial charge in [-0.2, -0.15) is 0 Å². The van der Waals surface area contributed by atoms with Crippen LogP contribution in [-0.2, 0) is 4.79 Å². The van der Waals surface area contributed by atoms with Crippen molar-refractivity contribution in [1.82, 2.24) is 0 Å². The molecule has 4 aliphatic rings. The number of carbonyl (C=O) groups excluding carboxylic acids is 1. The maximum atomic E-state index is 13.3. The molecule has 3 saturated carbocycles. The number of rotatable bonds is 6. The van der Waals surface area contributed by atoms with Gasteiger partial charge in [-0.3, -0.25) is 4.79 Å². The molecule has 4 aliphatic carbocycles. The molecule has 34 heavy (non-hydrogen) atoms. The number of carbonyl (C=O) groups is 1. The van der Waals surface area contributed by atoms with Crippen LogP contribution in [0.5, 0.6) is 0 Å². The van der Waals surface area contributed by atoms with E-state index >= 15 is 0 Å². The Labute approximate surface area is 202 Å². The molecule has 0 aromatic heterocycles. The smallest absolute Gasteiger partial charge is 0.159 e. The first kappa shape index (κ1) is 26.2. The van der Waals surface area contributed by atoms with Gasteiger partial charge in [-0.15, -0.1) is 0 Å². The fourth-order valence-corrected chi connectivity index (χ4v) is 8.37. The van der Waals surface area contributed by atoms with E-state index < -0.39 is 40.3 Å². The van der Waals surface area contributed by atoms with E-state index in [1.165, 1.54) is 0 Å². The Morgan fingerprint density at radius 1 is 1.12 bits per heavy atom. The van der Waals surface area contributed by atoms with Crippen molar-refractivity contribution < 1.29 is 35.4 Å². The molecule has 194 valence electrons. The maximum absolute atomic E-state index is 13.3. The number of hydrogen-bond donors (Lipinski definition) is 6. The average Bonchev–Trinajstić information content (AvgIpc) is 3.06. The zero-order valence-corrected chi connectivity index (χ0v) is 21.1. The summed E-state index contributed by atoms with van der Waals surface area (Å²) < 4.78 is 0. The Hall–Kier alpha value is -0.830. The molecule has 3 fully saturated rings. The largest absolute Gasteiger partial charge is 0.396 e. The van der Waals surface area contributed by atoms with E-state index in [1.807, 2.05) is 20.8 Å². The van der Waals surface area contributed by atoms with Crippen LogP contribution >= 0.6 is 0 Å². The summed E-state index contributed by atoms with van der Waals surface area (Å²) >= 11 is 0. The number of hydrogen-bond acceptors (Lipinski definition) is 7. The first-order chi connectivity index (χ1) is 15.7. The standard InChI is InChI=1S/C27H44O7/c1-15(14-28)5-6-23(32)26(4,33)22-8-10-27(34)17-11-19(29)18-12-20(30)21(31)13-24(18,2)16(17)7-9-25(22,27)3/h11,15-16,18,20-23,28,30-34H,5-10,12-14H2,1-4H3/t15-,16?,18-,20+,21-,22-,23+,24+,25+,26+,27+/m0/s1. The van der Waals surface area contributed by atoms with Crippen LogP contribution in [0.25, 0.3) is 0 Å². The van der Waals surface area contributed by atoms with Gasteiger partial charge in [0, 0.05) is 17.9 Å². The topological polar surface area (TPSA) is 138 Å². The van der Waals surface area contributed by atoms with Gasteiger partial charge in [0.2, 0.25) is 0 Å². The maximum Gasteiger partial charge on any atom is 0.159 e. The lowest BCUT2D eigenvalue weighted by Gasteiger charge is -2.60. The monoisotopic (exact) mass is 480 g/mol. The zero-order chi connectivity index (χ0) is 25.3. The van der Waals surface area contributed by atoms with Crippen LogP contribution in [0.15, 0.2) is 11.6 Å². The van der Waals surface area contributed by atoms with Gasteiger partial charge in [-0.1, -0.05) is 20.8 Å². The lowest BCUT2D eigenvalue weighted by atomic mass is 9.45. The van der Waals surface area contributed by atoms with Gasteiger partial charge >= 0.3 is 0 Å². The van der Waals surface area contributed by atoms with Crippen molar-refractivity contribution in [3.8, 4) is 0 Å². The van der Waals surface area contributed by atoms with Gasteiger partial charge in [0.25, 0.3) is 0 Å². The van der Waals surface area contributed by atoms with Crippen molar-refractivity contribution in [1.29, 1.82) is 0 Å². The summed E-state index contributed by atoms with van der Waals surface area (Å²) in [6.45, 7) is 7.59. The van der Waals surface area contributed by atoms with Crippen LogP contribution in [0.3, 0.4) is 0 Å². The van der Waals surface area contributed by atoms with E-state index in [4.69, 9.17) is 0 Å². The normalized spacial score (nSPS) is 47.6. The highest BCUT2D eigenvalue weighted by molar-refractivity contribution is 5.95. The minimum Gasteiger partial charge on any atom is -0.396 e. The van der Waals surface area contributed by atoms with Crippen molar-refractivity contribution in [2.75, 3.05) is 6.61 Å². The molecular weight excluding hydrogens is 436 g/mol. The van der Waals surface area contributed by atoms with Gasteiger partial charge in [-0.05, 0) is 93.1 Å². The van der Waals surface area contributed by atoms with Crippen LogP contribution in [0.2, 0.25) is 0 Å². The number of aliphatic hydroxyl groups excluding tert-OH is 4. The Morgan fingerprint density at radius 2 is 1.79 bits per heavy atom. The molecule has 7 heteroatoms. The van der Waals surface area contributed by atoms with Crippen molar-refractivity contribution in [3.05, 3.63) is 11.6 Å². The Morgan fingerprint density at radius 3 is 2.44 bits per heavy atom. The highest BCUT2D eigenvalue weighted by atomic mass is 16.3. The summed E-state index contributed by atoms with van der Waals surface area (Å²) in [6.07, 6.45) is 2.65. The summed E-state index contributed by atoms with van der Waals surface area (Å²) in [6, 6.07) is 0. The number of fused-ring (bicyclic) bond motifs is 5. The van der Waals surface area contributed by atoms with E-state index in [9.17, 15) is 35.4 Å². The summed E-state index contributed by atoms with van der Waals surface area (Å²) in [5.74, 6) is -0.859. The van der Waals surface area contributed by atoms with Gasteiger partial charge in [-0.25, -0.2) is 0 Å². The second kappa shape index (κ2) is 8.63. The van der Waals surface area contributed by atoms with Crippen LogP contribution < -0.4 is 0 Å². The zero-order valence-electron chi connectivity index (χ0n) is 21.1. The van der Waals surface area contributed by atoms with Crippen molar-refractivity contribution in [3.63, 3.8) is 0 Å². The average molecular weight is 481 g/mol. The highest BCUT2D eigenvalue weighted by Crippen LogP contribution is 2.68. The number of allylic oxidation sites excluding steroid dienone is 1. The molecule has 0 spiro atoms.